The first-order valence-electron chi connectivity index (χ1n) is 13.1. The van der Waals surface area contributed by atoms with E-state index in [1.807, 2.05) is 45.0 Å². The molecule has 6 heteroatoms. The van der Waals surface area contributed by atoms with Gasteiger partial charge in [-0.05, 0) is 86.2 Å². The molecule has 0 amide bonds. The van der Waals surface area contributed by atoms with Crippen LogP contribution in [0.5, 0.6) is 11.5 Å². The molecule has 4 nitrogen and oxygen atoms in total. The Balaban J connectivity index is 1.24. The largest absolute Gasteiger partial charge is 0.507 e. The minimum atomic E-state index is -0.292. The lowest BCUT2D eigenvalue weighted by atomic mass is 9.90. The van der Waals surface area contributed by atoms with Crippen LogP contribution < -0.4 is 4.74 Å². The number of halogens is 2. The molecular formula is C31H36F2N2O2. The molecule has 3 aromatic rings. The molecule has 1 saturated heterocycles. The third-order valence-electron chi connectivity index (χ3n) is 8.34. The van der Waals surface area contributed by atoms with E-state index >= 15 is 0 Å². The summed E-state index contributed by atoms with van der Waals surface area (Å²) in [6.07, 6.45) is 1.71. The maximum atomic E-state index is 13.6. The maximum absolute atomic E-state index is 13.6. The highest BCUT2D eigenvalue weighted by molar-refractivity contribution is 5.59. The first kappa shape index (κ1) is 25.7. The quantitative estimate of drug-likeness (QED) is 0.439. The Labute approximate surface area is 218 Å². The highest BCUT2D eigenvalue weighted by atomic mass is 19.1. The van der Waals surface area contributed by atoms with Gasteiger partial charge in [0.15, 0.2) is 0 Å². The molecule has 1 fully saturated rings. The fourth-order valence-corrected chi connectivity index (χ4v) is 5.86. The van der Waals surface area contributed by atoms with Crippen LogP contribution in [0.2, 0.25) is 0 Å². The van der Waals surface area contributed by atoms with Crippen molar-refractivity contribution >= 4 is 0 Å². The molecule has 5 rings (SSSR count). The second kappa shape index (κ2) is 10.1. The number of ether oxygens (including phenoxy) is 1. The third kappa shape index (κ3) is 5.10. The molecule has 2 aliphatic heterocycles. The van der Waals surface area contributed by atoms with E-state index in [4.69, 9.17) is 4.74 Å². The predicted molar refractivity (Wildman–Crippen MR) is 142 cm³/mol. The van der Waals surface area contributed by atoms with Gasteiger partial charge in [0.05, 0.1) is 6.04 Å². The first-order chi connectivity index (χ1) is 17.6. The van der Waals surface area contributed by atoms with E-state index in [1.165, 1.54) is 24.3 Å². The lowest BCUT2D eigenvalue weighted by Gasteiger charge is -2.40. The lowest BCUT2D eigenvalue weighted by molar-refractivity contribution is 0.0641. The number of phenols is 1. The smallest absolute Gasteiger partial charge is 0.127 e. The summed E-state index contributed by atoms with van der Waals surface area (Å²) >= 11 is 0. The van der Waals surface area contributed by atoms with Crippen molar-refractivity contribution in [3.63, 3.8) is 0 Å². The Morgan fingerprint density at radius 1 is 0.838 bits per heavy atom. The van der Waals surface area contributed by atoms with Gasteiger partial charge in [0.2, 0.25) is 0 Å². The Morgan fingerprint density at radius 2 is 1.38 bits per heavy atom. The number of piperazine rings is 1. The fraction of sp³-hybridized carbons (Fsp3) is 0.419. The average molecular weight is 507 g/mol. The Kier molecular flexibility index (Phi) is 6.99. The van der Waals surface area contributed by atoms with Crippen LogP contribution in [0.3, 0.4) is 0 Å². The molecule has 2 aliphatic rings. The zero-order valence-corrected chi connectivity index (χ0v) is 22.2. The molecule has 0 saturated carbocycles. The molecule has 0 aromatic heterocycles. The summed E-state index contributed by atoms with van der Waals surface area (Å²) in [7, 11) is 0. The summed E-state index contributed by atoms with van der Waals surface area (Å²) in [5.74, 6) is 0.817. The fourth-order valence-electron chi connectivity index (χ4n) is 5.86. The van der Waals surface area contributed by atoms with Gasteiger partial charge in [0.25, 0.3) is 0 Å². The number of rotatable bonds is 6. The molecule has 37 heavy (non-hydrogen) atoms. The number of benzene rings is 3. The SMILES string of the molecule is Cc1c(C)c2c(c(C)c1O)CC(C)(CCN1CCN(C(c3ccc(F)cc3)c3ccc(F)cc3)CC1)O2. The van der Waals surface area contributed by atoms with E-state index in [2.05, 4.69) is 16.7 Å². The summed E-state index contributed by atoms with van der Waals surface area (Å²) in [5, 5.41) is 10.5. The first-order valence-corrected chi connectivity index (χ1v) is 13.1. The zero-order chi connectivity index (χ0) is 26.3. The van der Waals surface area contributed by atoms with Crippen LogP contribution in [0.15, 0.2) is 48.5 Å². The van der Waals surface area contributed by atoms with Crippen molar-refractivity contribution in [3.8, 4) is 11.5 Å². The number of fused-ring (bicyclic) bond motifs is 1. The standard InChI is InChI=1S/C31H36F2N2O2/c1-20-21(2)30-27(22(3)29(20)36)19-31(4,37-30)13-14-34-15-17-35(18-16-34)28(23-5-9-25(32)10-6-23)24-7-11-26(33)12-8-24/h5-12,28,36H,13-19H2,1-4H3. The van der Waals surface area contributed by atoms with Gasteiger partial charge >= 0.3 is 0 Å². The van der Waals surface area contributed by atoms with Crippen LogP contribution in [0.1, 0.15) is 52.8 Å². The van der Waals surface area contributed by atoms with E-state index in [0.717, 1.165) is 84.7 Å². The van der Waals surface area contributed by atoms with Gasteiger partial charge in [-0.2, -0.15) is 0 Å². The molecule has 3 aromatic carbocycles. The van der Waals surface area contributed by atoms with Gasteiger partial charge in [-0.3, -0.25) is 4.90 Å². The topological polar surface area (TPSA) is 35.9 Å². The molecule has 196 valence electrons. The molecule has 1 atom stereocenters. The Morgan fingerprint density at radius 3 is 1.92 bits per heavy atom. The summed E-state index contributed by atoms with van der Waals surface area (Å²) in [6, 6.07) is 13.2. The van der Waals surface area contributed by atoms with Gasteiger partial charge < -0.3 is 14.7 Å². The van der Waals surface area contributed by atoms with Crippen molar-refractivity contribution in [1.29, 1.82) is 0 Å². The van der Waals surface area contributed by atoms with Crippen LogP contribution in [0.25, 0.3) is 0 Å². The van der Waals surface area contributed by atoms with Crippen LogP contribution in [-0.2, 0) is 6.42 Å². The van der Waals surface area contributed by atoms with Crippen LogP contribution in [-0.4, -0.2) is 53.2 Å². The van der Waals surface area contributed by atoms with E-state index in [9.17, 15) is 13.9 Å². The number of hydrogen-bond acceptors (Lipinski definition) is 4. The highest BCUT2D eigenvalue weighted by Crippen LogP contribution is 2.46. The second-order valence-electron chi connectivity index (χ2n) is 10.9. The lowest BCUT2D eigenvalue weighted by Crippen LogP contribution is -2.49. The minimum Gasteiger partial charge on any atom is -0.507 e. The van der Waals surface area contributed by atoms with Gasteiger partial charge in [-0.1, -0.05) is 24.3 Å². The average Bonchev–Trinajstić information content (AvgIpc) is 3.26. The van der Waals surface area contributed by atoms with Crippen molar-refractivity contribution in [2.75, 3.05) is 32.7 Å². The number of aromatic hydroxyl groups is 1. The van der Waals surface area contributed by atoms with Crippen molar-refractivity contribution in [2.24, 2.45) is 0 Å². The molecule has 1 unspecified atom stereocenters. The van der Waals surface area contributed by atoms with Crippen LogP contribution in [0, 0.1) is 32.4 Å². The van der Waals surface area contributed by atoms with Crippen molar-refractivity contribution in [1.82, 2.24) is 9.80 Å². The maximum Gasteiger partial charge on any atom is 0.127 e. The third-order valence-corrected chi connectivity index (χ3v) is 8.34. The summed E-state index contributed by atoms with van der Waals surface area (Å²) in [5.41, 5.74) is 5.72. The highest BCUT2D eigenvalue weighted by Gasteiger charge is 2.38. The second-order valence-corrected chi connectivity index (χ2v) is 10.9. The molecule has 1 N–H and O–H groups in total. The minimum absolute atomic E-state index is 0.0459. The number of phenolic OH excluding ortho intramolecular Hbond substituents is 1. The molecule has 0 aliphatic carbocycles. The van der Waals surface area contributed by atoms with Gasteiger partial charge in [-0.15, -0.1) is 0 Å². The monoisotopic (exact) mass is 506 g/mol. The summed E-state index contributed by atoms with van der Waals surface area (Å²) in [6.45, 7) is 12.6. The van der Waals surface area contributed by atoms with Crippen molar-refractivity contribution in [2.45, 2.75) is 52.2 Å². The predicted octanol–water partition coefficient (Wildman–Crippen LogP) is 6.09. The number of hydrogen-bond donors (Lipinski definition) is 1. The van der Waals surface area contributed by atoms with E-state index in [0.29, 0.717) is 5.75 Å². The Hall–Kier alpha value is -2.96. The molecule has 2 heterocycles. The van der Waals surface area contributed by atoms with Crippen LogP contribution in [0.4, 0.5) is 8.78 Å². The molecule has 0 radical (unpaired) electrons. The van der Waals surface area contributed by atoms with Gasteiger partial charge in [0.1, 0.15) is 28.7 Å². The van der Waals surface area contributed by atoms with E-state index < -0.39 is 0 Å². The van der Waals surface area contributed by atoms with Gasteiger partial charge in [-0.25, -0.2) is 8.78 Å². The number of nitrogens with zero attached hydrogens (tertiary/aromatic N) is 2. The summed E-state index contributed by atoms with van der Waals surface area (Å²) < 4.78 is 33.8. The zero-order valence-electron chi connectivity index (χ0n) is 22.2. The molecule has 0 bridgehead atoms. The van der Waals surface area contributed by atoms with Gasteiger partial charge in [0, 0.05) is 44.7 Å². The van der Waals surface area contributed by atoms with Crippen molar-refractivity contribution in [3.05, 3.63) is 93.5 Å². The Bertz CT molecular complexity index is 1180. The molecule has 0 spiro atoms. The van der Waals surface area contributed by atoms with E-state index in [-0.39, 0.29) is 23.3 Å². The van der Waals surface area contributed by atoms with Crippen molar-refractivity contribution < 1.29 is 18.6 Å². The molecular weight excluding hydrogens is 470 g/mol. The normalized spacial score (nSPS) is 20.3. The summed E-state index contributed by atoms with van der Waals surface area (Å²) in [4.78, 5) is 4.88. The van der Waals surface area contributed by atoms with Crippen LogP contribution >= 0.6 is 0 Å². The van der Waals surface area contributed by atoms with E-state index in [1.54, 1.807) is 0 Å².